The van der Waals surface area contributed by atoms with Gasteiger partial charge in [-0.1, -0.05) is 13.8 Å². The molecule has 0 radical (unpaired) electrons. The van der Waals surface area contributed by atoms with Gasteiger partial charge in [-0.05, 0) is 57.1 Å². The van der Waals surface area contributed by atoms with Gasteiger partial charge >= 0.3 is 0 Å². The second-order valence-electron chi connectivity index (χ2n) is 5.49. The van der Waals surface area contributed by atoms with E-state index in [1.165, 1.54) is 6.07 Å². The number of benzene rings is 1. The number of rotatable bonds is 7. The van der Waals surface area contributed by atoms with Crippen LogP contribution in [-0.4, -0.2) is 29.6 Å². The van der Waals surface area contributed by atoms with Crippen LogP contribution in [0, 0.1) is 11.6 Å². The van der Waals surface area contributed by atoms with Crippen molar-refractivity contribution in [2.75, 3.05) is 13.1 Å². The molecular weight excluding hydrogens is 260 g/mol. The van der Waals surface area contributed by atoms with Crippen molar-refractivity contribution >= 4 is 0 Å². The van der Waals surface area contributed by atoms with E-state index in [1.54, 1.807) is 0 Å². The van der Waals surface area contributed by atoms with Crippen molar-refractivity contribution in [2.45, 2.75) is 45.7 Å². The predicted molar refractivity (Wildman–Crippen MR) is 78.2 cm³/mol. The summed E-state index contributed by atoms with van der Waals surface area (Å²) < 4.78 is 27.0. The number of nitrogens with two attached hydrogens (primary N) is 1. The first kappa shape index (κ1) is 17.0. The highest BCUT2D eigenvalue weighted by Crippen LogP contribution is 2.23. The monoisotopic (exact) mass is 285 g/mol. The third-order valence-electron chi connectivity index (χ3n) is 4.06. The fourth-order valence-electron chi connectivity index (χ4n) is 2.69. The van der Waals surface area contributed by atoms with Gasteiger partial charge in [-0.3, -0.25) is 16.2 Å². The van der Waals surface area contributed by atoms with Crippen molar-refractivity contribution in [3.63, 3.8) is 0 Å². The maximum Gasteiger partial charge on any atom is 0.126 e. The van der Waals surface area contributed by atoms with E-state index >= 15 is 0 Å². The summed E-state index contributed by atoms with van der Waals surface area (Å²) in [6, 6.07) is 3.33. The first-order valence-electron chi connectivity index (χ1n) is 7.01. The molecule has 0 fully saturated rings. The molecular formula is C15H25F2N3. The van der Waals surface area contributed by atoms with Gasteiger partial charge in [0, 0.05) is 11.6 Å². The Morgan fingerprint density at radius 2 is 1.85 bits per heavy atom. The van der Waals surface area contributed by atoms with Crippen molar-refractivity contribution < 1.29 is 8.78 Å². The Morgan fingerprint density at radius 1 is 1.25 bits per heavy atom. The lowest BCUT2D eigenvalue weighted by molar-refractivity contribution is 0.0908. The molecule has 20 heavy (non-hydrogen) atoms. The van der Waals surface area contributed by atoms with Gasteiger partial charge in [-0.2, -0.15) is 0 Å². The highest BCUT2D eigenvalue weighted by atomic mass is 19.1. The van der Waals surface area contributed by atoms with E-state index in [-0.39, 0.29) is 11.6 Å². The number of nitrogens with one attached hydrogen (secondary N) is 1. The minimum absolute atomic E-state index is 0.182. The number of hydrogen-bond acceptors (Lipinski definition) is 3. The molecule has 0 aliphatic carbocycles. The summed E-state index contributed by atoms with van der Waals surface area (Å²) >= 11 is 0. The molecule has 114 valence electrons. The lowest BCUT2D eigenvalue weighted by atomic mass is 9.87. The van der Waals surface area contributed by atoms with Crippen LogP contribution in [0.15, 0.2) is 18.2 Å². The highest BCUT2D eigenvalue weighted by molar-refractivity contribution is 5.21. The zero-order chi connectivity index (χ0) is 15.3. The van der Waals surface area contributed by atoms with Crippen molar-refractivity contribution in [1.29, 1.82) is 0 Å². The molecule has 0 amide bonds. The van der Waals surface area contributed by atoms with E-state index in [9.17, 15) is 8.78 Å². The van der Waals surface area contributed by atoms with Crippen LogP contribution in [0.5, 0.6) is 0 Å². The van der Waals surface area contributed by atoms with Gasteiger partial charge in [0.25, 0.3) is 0 Å². The van der Waals surface area contributed by atoms with Crippen molar-refractivity contribution in [1.82, 2.24) is 10.3 Å². The first-order valence-corrected chi connectivity index (χ1v) is 7.01. The summed E-state index contributed by atoms with van der Waals surface area (Å²) in [5.74, 6) is 4.82. The van der Waals surface area contributed by atoms with E-state index in [1.807, 2.05) is 0 Å². The van der Waals surface area contributed by atoms with Gasteiger partial charge in [0.2, 0.25) is 0 Å². The molecule has 0 saturated heterocycles. The van der Waals surface area contributed by atoms with Gasteiger partial charge in [0.05, 0.1) is 0 Å². The van der Waals surface area contributed by atoms with E-state index in [2.05, 4.69) is 38.0 Å². The van der Waals surface area contributed by atoms with Crippen LogP contribution in [0.4, 0.5) is 8.78 Å². The number of halogens is 2. The molecule has 3 nitrogen and oxygen atoms in total. The van der Waals surface area contributed by atoms with E-state index in [0.717, 1.165) is 25.2 Å². The van der Waals surface area contributed by atoms with Crippen LogP contribution in [-0.2, 0) is 6.42 Å². The van der Waals surface area contributed by atoms with E-state index in [0.29, 0.717) is 12.0 Å². The largest absolute Gasteiger partial charge is 0.297 e. The molecule has 0 spiro atoms. The Labute approximate surface area is 120 Å². The van der Waals surface area contributed by atoms with E-state index < -0.39 is 11.6 Å². The Balaban J connectivity index is 2.99. The molecule has 3 N–H and O–H groups in total. The molecule has 1 aromatic rings. The number of likely N-dealkylation sites (N-methyl/N-ethyl adjacent to an activating group) is 1. The molecule has 0 aliphatic rings. The van der Waals surface area contributed by atoms with Crippen LogP contribution in [0.1, 0.15) is 33.3 Å². The average Bonchev–Trinajstić information content (AvgIpc) is 2.40. The molecule has 0 aliphatic heterocycles. The van der Waals surface area contributed by atoms with Gasteiger partial charge in [-0.25, -0.2) is 8.78 Å². The topological polar surface area (TPSA) is 41.3 Å². The summed E-state index contributed by atoms with van der Waals surface area (Å²) in [4.78, 5) is 2.24. The van der Waals surface area contributed by atoms with Crippen LogP contribution in [0.25, 0.3) is 0 Å². The van der Waals surface area contributed by atoms with Crippen LogP contribution >= 0.6 is 0 Å². The smallest absolute Gasteiger partial charge is 0.126 e. The Bertz CT molecular complexity index is 431. The van der Waals surface area contributed by atoms with Gasteiger partial charge < -0.3 is 0 Å². The SMILES string of the molecule is CCN(CC)C(C)(C)C(Cc1cc(F)ccc1F)NN. The average molecular weight is 285 g/mol. The minimum atomic E-state index is -0.433. The first-order chi connectivity index (χ1) is 9.36. The molecule has 0 heterocycles. The normalized spacial score (nSPS) is 13.8. The molecule has 1 rings (SSSR count). The number of hydrogen-bond donors (Lipinski definition) is 2. The van der Waals surface area contributed by atoms with Gasteiger partial charge in [-0.15, -0.1) is 0 Å². The molecule has 1 aromatic carbocycles. The third-order valence-corrected chi connectivity index (χ3v) is 4.06. The summed E-state index contributed by atoms with van der Waals surface area (Å²) in [5, 5.41) is 0. The van der Waals surface area contributed by atoms with Crippen LogP contribution in [0.3, 0.4) is 0 Å². The molecule has 1 atom stereocenters. The zero-order valence-corrected chi connectivity index (χ0v) is 12.7. The summed E-state index contributed by atoms with van der Waals surface area (Å²) in [5.41, 5.74) is 2.83. The third kappa shape index (κ3) is 3.75. The van der Waals surface area contributed by atoms with Crippen LogP contribution in [0.2, 0.25) is 0 Å². The van der Waals surface area contributed by atoms with Crippen LogP contribution < -0.4 is 11.3 Å². The van der Waals surface area contributed by atoms with Gasteiger partial charge in [0.1, 0.15) is 11.6 Å². The second kappa shape index (κ2) is 7.11. The maximum atomic E-state index is 13.8. The lowest BCUT2D eigenvalue weighted by Crippen LogP contribution is -2.60. The molecule has 1 unspecified atom stereocenters. The number of nitrogens with zero attached hydrogens (tertiary/aromatic N) is 1. The fourth-order valence-corrected chi connectivity index (χ4v) is 2.69. The molecule has 0 saturated carbocycles. The van der Waals surface area contributed by atoms with E-state index in [4.69, 9.17) is 5.84 Å². The Kier molecular flexibility index (Phi) is 6.05. The maximum absolute atomic E-state index is 13.8. The highest BCUT2D eigenvalue weighted by Gasteiger charge is 2.33. The van der Waals surface area contributed by atoms with Crippen molar-refractivity contribution in [3.8, 4) is 0 Å². The second-order valence-corrected chi connectivity index (χ2v) is 5.49. The minimum Gasteiger partial charge on any atom is -0.297 e. The quantitative estimate of drug-likeness (QED) is 0.597. The van der Waals surface area contributed by atoms with Gasteiger partial charge in [0.15, 0.2) is 0 Å². The standard InChI is InChI=1S/C15H25F2N3/c1-5-20(6-2)15(3,4)14(19-18)10-11-9-12(16)7-8-13(11)17/h7-9,14,19H,5-6,10,18H2,1-4H3. The molecule has 5 heteroatoms. The molecule has 0 aromatic heterocycles. The molecule has 0 bridgehead atoms. The lowest BCUT2D eigenvalue weighted by Gasteiger charge is -2.43. The Morgan fingerprint density at radius 3 is 2.35 bits per heavy atom. The Hall–Kier alpha value is -1.04. The summed E-state index contributed by atoms with van der Waals surface area (Å²) in [6.07, 6.45) is 0.337. The fraction of sp³-hybridized carbons (Fsp3) is 0.600. The number of hydrazine groups is 1. The van der Waals surface area contributed by atoms with Crippen molar-refractivity contribution in [3.05, 3.63) is 35.4 Å². The zero-order valence-electron chi connectivity index (χ0n) is 12.7. The van der Waals surface area contributed by atoms with Crippen molar-refractivity contribution in [2.24, 2.45) is 5.84 Å². The summed E-state index contributed by atoms with van der Waals surface area (Å²) in [6.45, 7) is 9.99. The summed E-state index contributed by atoms with van der Waals surface area (Å²) in [7, 11) is 0. The predicted octanol–water partition coefficient (Wildman–Crippen LogP) is 2.46.